The molecule has 0 saturated carbocycles. The van der Waals surface area contributed by atoms with Crippen LogP contribution in [-0.4, -0.2) is 30.6 Å². The summed E-state index contributed by atoms with van der Waals surface area (Å²) in [6, 6.07) is 11.5. The minimum absolute atomic E-state index is 0.714. The molecule has 16 heavy (non-hydrogen) atoms. The van der Waals surface area contributed by atoms with E-state index in [2.05, 4.69) is 47.5 Å². The summed E-state index contributed by atoms with van der Waals surface area (Å²) in [6.07, 6.45) is 0. The van der Waals surface area contributed by atoms with Crippen LogP contribution in [0.3, 0.4) is 0 Å². The lowest BCUT2D eigenvalue weighted by Gasteiger charge is -2.18. The molecule has 0 radical (unpaired) electrons. The molecule has 0 bridgehead atoms. The molecule has 1 aromatic carbocycles. The summed E-state index contributed by atoms with van der Waals surface area (Å²) < 4.78 is 0. The molecule has 0 aliphatic carbocycles. The molecule has 0 amide bonds. The Morgan fingerprint density at radius 3 is 2.81 bits per heavy atom. The lowest BCUT2D eigenvalue weighted by molar-refractivity contribution is 0.296. The monoisotopic (exact) mass is 216 g/mol. The van der Waals surface area contributed by atoms with Gasteiger partial charge in [-0.25, -0.2) is 0 Å². The van der Waals surface area contributed by atoms with Gasteiger partial charge in [-0.2, -0.15) is 0 Å². The van der Waals surface area contributed by atoms with Crippen LogP contribution in [0.2, 0.25) is 0 Å². The molecule has 2 heterocycles. The van der Waals surface area contributed by atoms with Crippen molar-refractivity contribution in [2.75, 3.05) is 19.6 Å². The highest BCUT2D eigenvalue weighted by Crippen LogP contribution is 2.31. The molecule has 3 rings (SSSR count). The van der Waals surface area contributed by atoms with E-state index in [1.54, 1.807) is 0 Å². The number of hydrogen-bond acceptors (Lipinski definition) is 2. The maximum atomic E-state index is 3.58. The highest BCUT2D eigenvalue weighted by molar-refractivity contribution is 5.15. The van der Waals surface area contributed by atoms with Gasteiger partial charge in [0.25, 0.3) is 0 Å². The van der Waals surface area contributed by atoms with Gasteiger partial charge >= 0.3 is 0 Å². The Hall–Kier alpha value is -0.860. The number of hydrogen-bond donors (Lipinski definition) is 1. The molecule has 2 aliphatic heterocycles. The van der Waals surface area contributed by atoms with Crippen molar-refractivity contribution in [1.82, 2.24) is 10.2 Å². The number of nitrogens with one attached hydrogen (secondary N) is 1. The topological polar surface area (TPSA) is 15.3 Å². The predicted octanol–water partition coefficient (Wildman–Crippen LogP) is 1.73. The van der Waals surface area contributed by atoms with Crippen molar-refractivity contribution >= 4 is 0 Å². The van der Waals surface area contributed by atoms with Crippen molar-refractivity contribution in [3.8, 4) is 0 Å². The van der Waals surface area contributed by atoms with Gasteiger partial charge in [-0.1, -0.05) is 30.3 Å². The summed E-state index contributed by atoms with van der Waals surface area (Å²) in [4.78, 5) is 2.61. The minimum atomic E-state index is 0.714. The number of likely N-dealkylation sites (tertiary alicyclic amines) is 1. The second-order valence-corrected chi connectivity index (χ2v) is 5.30. The maximum absolute atomic E-state index is 3.58. The summed E-state index contributed by atoms with van der Waals surface area (Å²) in [7, 11) is 0. The van der Waals surface area contributed by atoms with Gasteiger partial charge in [-0.15, -0.1) is 0 Å². The van der Waals surface area contributed by atoms with Crippen LogP contribution in [-0.2, 0) is 6.54 Å². The zero-order valence-electron chi connectivity index (χ0n) is 9.89. The molecule has 2 nitrogen and oxygen atoms in total. The van der Waals surface area contributed by atoms with Crippen molar-refractivity contribution < 1.29 is 0 Å². The number of benzene rings is 1. The third kappa shape index (κ3) is 1.87. The fourth-order valence-electron chi connectivity index (χ4n) is 3.23. The molecule has 1 aromatic rings. The highest BCUT2D eigenvalue weighted by Gasteiger charge is 2.40. The minimum Gasteiger partial charge on any atom is -0.314 e. The number of rotatable bonds is 2. The zero-order chi connectivity index (χ0) is 11.0. The molecule has 86 valence electrons. The molecular formula is C14H20N2. The summed E-state index contributed by atoms with van der Waals surface area (Å²) in [5.41, 5.74) is 1.45. The molecule has 2 heteroatoms. The summed E-state index contributed by atoms with van der Waals surface area (Å²) >= 11 is 0. The lowest BCUT2D eigenvalue weighted by Crippen LogP contribution is -2.30. The lowest BCUT2D eigenvalue weighted by atomic mass is 9.95. The van der Waals surface area contributed by atoms with Gasteiger partial charge in [0.15, 0.2) is 0 Å². The van der Waals surface area contributed by atoms with Gasteiger partial charge in [0.2, 0.25) is 0 Å². The largest absolute Gasteiger partial charge is 0.314 e. The van der Waals surface area contributed by atoms with Crippen LogP contribution in [0.15, 0.2) is 30.3 Å². The Morgan fingerprint density at radius 2 is 2.06 bits per heavy atom. The Bertz CT molecular complexity index is 349. The average molecular weight is 216 g/mol. The Balaban J connectivity index is 1.63. The van der Waals surface area contributed by atoms with E-state index in [9.17, 15) is 0 Å². The average Bonchev–Trinajstić information content (AvgIpc) is 2.83. The fourth-order valence-corrected chi connectivity index (χ4v) is 3.23. The van der Waals surface area contributed by atoms with Crippen molar-refractivity contribution in [2.24, 2.45) is 11.8 Å². The molecule has 3 atom stereocenters. The molecule has 0 unspecified atom stereocenters. The van der Waals surface area contributed by atoms with E-state index in [4.69, 9.17) is 0 Å². The number of nitrogens with zero attached hydrogens (tertiary/aromatic N) is 1. The van der Waals surface area contributed by atoms with Gasteiger partial charge in [0.1, 0.15) is 0 Å². The molecular weight excluding hydrogens is 196 g/mol. The van der Waals surface area contributed by atoms with E-state index in [1.165, 1.54) is 25.2 Å². The highest BCUT2D eigenvalue weighted by atomic mass is 15.2. The fraction of sp³-hybridized carbons (Fsp3) is 0.571. The molecule has 2 fully saturated rings. The van der Waals surface area contributed by atoms with Gasteiger partial charge in [-0.3, -0.25) is 4.90 Å². The van der Waals surface area contributed by atoms with Crippen LogP contribution in [0, 0.1) is 11.8 Å². The van der Waals surface area contributed by atoms with Crippen LogP contribution in [0.4, 0.5) is 0 Å². The van der Waals surface area contributed by atoms with E-state index in [0.717, 1.165) is 18.4 Å². The van der Waals surface area contributed by atoms with Crippen LogP contribution in [0.25, 0.3) is 0 Å². The summed E-state index contributed by atoms with van der Waals surface area (Å²) in [5, 5.41) is 3.58. The van der Waals surface area contributed by atoms with Gasteiger partial charge in [0, 0.05) is 25.7 Å². The standard InChI is InChI=1S/C14H20N2/c1-11-14-10-16(9-13(14)7-15-11)8-12-5-3-2-4-6-12/h2-6,11,13-15H,7-10H2,1H3/t11-,13-,14-/m0/s1. The Kier molecular flexibility index (Phi) is 2.70. The molecule has 2 aliphatic rings. The van der Waals surface area contributed by atoms with Crippen LogP contribution >= 0.6 is 0 Å². The van der Waals surface area contributed by atoms with E-state index in [0.29, 0.717) is 6.04 Å². The summed E-state index contributed by atoms with van der Waals surface area (Å²) in [5.74, 6) is 1.77. The molecule has 2 saturated heterocycles. The van der Waals surface area contributed by atoms with Crippen molar-refractivity contribution in [3.63, 3.8) is 0 Å². The van der Waals surface area contributed by atoms with Crippen LogP contribution in [0.5, 0.6) is 0 Å². The van der Waals surface area contributed by atoms with Gasteiger partial charge < -0.3 is 5.32 Å². The third-order valence-electron chi connectivity index (χ3n) is 4.16. The number of fused-ring (bicyclic) bond motifs is 1. The Morgan fingerprint density at radius 1 is 1.25 bits per heavy atom. The second kappa shape index (κ2) is 4.19. The van der Waals surface area contributed by atoms with Gasteiger partial charge in [-0.05, 0) is 30.9 Å². The molecule has 0 spiro atoms. The van der Waals surface area contributed by atoms with E-state index in [1.807, 2.05) is 0 Å². The van der Waals surface area contributed by atoms with E-state index >= 15 is 0 Å². The zero-order valence-corrected chi connectivity index (χ0v) is 9.89. The first-order valence-electron chi connectivity index (χ1n) is 6.32. The van der Waals surface area contributed by atoms with E-state index < -0.39 is 0 Å². The van der Waals surface area contributed by atoms with E-state index in [-0.39, 0.29) is 0 Å². The second-order valence-electron chi connectivity index (χ2n) is 5.30. The molecule has 0 aromatic heterocycles. The van der Waals surface area contributed by atoms with Gasteiger partial charge in [0.05, 0.1) is 0 Å². The SMILES string of the molecule is C[C@@H]1NC[C@H]2CN(Cc3ccccc3)C[C@H]21. The van der Waals surface area contributed by atoms with Crippen molar-refractivity contribution in [1.29, 1.82) is 0 Å². The maximum Gasteiger partial charge on any atom is 0.0233 e. The Labute approximate surface area is 97.6 Å². The van der Waals surface area contributed by atoms with Crippen molar-refractivity contribution in [3.05, 3.63) is 35.9 Å². The smallest absolute Gasteiger partial charge is 0.0233 e. The van der Waals surface area contributed by atoms with Crippen LogP contribution < -0.4 is 5.32 Å². The summed E-state index contributed by atoms with van der Waals surface area (Å²) in [6.45, 7) is 7.22. The third-order valence-corrected chi connectivity index (χ3v) is 4.16. The van der Waals surface area contributed by atoms with Crippen molar-refractivity contribution in [2.45, 2.75) is 19.5 Å². The quantitative estimate of drug-likeness (QED) is 0.810. The predicted molar refractivity (Wildman–Crippen MR) is 66.2 cm³/mol. The first-order chi connectivity index (χ1) is 7.83. The van der Waals surface area contributed by atoms with Crippen LogP contribution in [0.1, 0.15) is 12.5 Å². The first kappa shape index (κ1) is 10.3. The normalized spacial score (nSPS) is 34.2. The first-order valence-corrected chi connectivity index (χ1v) is 6.32. The molecule has 1 N–H and O–H groups in total.